The maximum Gasteiger partial charge on any atom is 0.107 e. The van der Waals surface area contributed by atoms with Crippen LogP contribution in [0, 0.1) is 0 Å². The summed E-state index contributed by atoms with van der Waals surface area (Å²) in [6.45, 7) is 2.83. The molecule has 2 aromatic heterocycles. The van der Waals surface area contributed by atoms with Gasteiger partial charge < -0.3 is 5.73 Å². The van der Waals surface area contributed by atoms with Crippen LogP contribution in [0.2, 0.25) is 4.34 Å². The highest BCUT2D eigenvalue weighted by atomic mass is 79.9. The fourth-order valence-electron chi connectivity index (χ4n) is 2.18. The highest BCUT2D eigenvalue weighted by Crippen LogP contribution is 2.37. The van der Waals surface area contributed by atoms with Crippen LogP contribution in [0.4, 0.5) is 0 Å². The predicted octanol–water partition coefficient (Wildman–Crippen LogP) is 4.79. The number of nitrogens with two attached hydrogens (primary N) is 1. The zero-order chi connectivity index (χ0) is 14.7. The van der Waals surface area contributed by atoms with Gasteiger partial charge in [-0.3, -0.25) is 4.90 Å². The zero-order valence-corrected chi connectivity index (χ0v) is 15.5. The van der Waals surface area contributed by atoms with Crippen LogP contribution >= 0.6 is 50.2 Å². The third-order valence-electron chi connectivity index (χ3n) is 3.48. The standard InChI is InChI=1S/C14H18BrClN2S2/c1-9(6-10-4-3-5-19-10)18(2)12(8-17)13-7-11(15)14(16)20-13/h3-5,7,9,12H,6,8,17H2,1-2H3. The number of thiophene rings is 2. The van der Waals surface area contributed by atoms with Crippen molar-refractivity contribution in [2.45, 2.75) is 25.4 Å². The lowest BCUT2D eigenvalue weighted by Gasteiger charge is -2.31. The van der Waals surface area contributed by atoms with Crippen LogP contribution in [0.3, 0.4) is 0 Å². The SMILES string of the molecule is CC(Cc1cccs1)N(C)C(CN)c1cc(Br)c(Cl)s1. The van der Waals surface area contributed by atoms with Gasteiger partial charge in [-0.15, -0.1) is 22.7 Å². The lowest BCUT2D eigenvalue weighted by Crippen LogP contribution is -2.37. The fourth-order valence-corrected chi connectivity index (χ4v) is 4.91. The molecule has 0 saturated heterocycles. The smallest absolute Gasteiger partial charge is 0.107 e. The number of halogens is 2. The molecule has 2 atom stereocenters. The molecule has 2 N–H and O–H groups in total. The van der Waals surface area contributed by atoms with E-state index in [1.165, 1.54) is 9.75 Å². The van der Waals surface area contributed by atoms with Crippen molar-refractivity contribution >= 4 is 50.2 Å². The summed E-state index contributed by atoms with van der Waals surface area (Å²) in [5, 5.41) is 2.12. The first-order chi connectivity index (χ1) is 9.52. The summed E-state index contributed by atoms with van der Waals surface area (Å²) in [7, 11) is 2.14. The molecule has 0 aliphatic heterocycles. The molecule has 2 nitrogen and oxygen atoms in total. The largest absolute Gasteiger partial charge is 0.329 e. The Bertz CT molecular complexity index is 522. The Balaban J connectivity index is 2.10. The van der Waals surface area contributed by atoms with Gasteiger partial charge in [0.1, 0.15) is 4.34 Å². The van der Waals surface area contributed by atoms with Gasteiger partial charge in [0, 0.05) is 26.8 Å². The maximum absolute atomic E-state index is 6.14. The molecule has 110 valence electrons. The van der Waals surface area contributed by atoms with E-state index < -0.39 is 0 Å². The quantitative estimate of drug-likeness (QED) is 0.764. The van der Waals surface area contributed by atoms with Crippen LogP contribution in [0.25, 0.3) is 0 Å². The minimum absolute atomic E-state index is 0.207. The summed E-state index contributed by atoms with van der Waals surface area (Å²) in [6, 6.07) is 7.01. The fraction of sp³-hybridized carbons (Fsp3) is 0.429. The van der Waals surface area contributed by atoms with Crippen LogP contribution in [-0.2, 0) is 6.42 Å². The van der Waals surface area contributed by atoms with Gasteiger partial charge in [-0.25, -0.2) is 0 Å². The third-order valence-corrected chi connectivity index (χ3v) is 6.95. The van der Waals surface area contributed by atoms with Crippen molar-refractivity contribution < 1.29 is 0 Å². The molecule has 0 spiro atoms. The molecule has 0 aliphatic rings. The minimum Gasteiger partial charge on any atom is -0.329 e. The summed E-state index contributed by atoms with van der Waals surface area (Å²) in [5.41, 5.74) is 5.99. The molecule has 20 heavy (non-hydrogen) atoms. The normalized spacial score (nSPS) is 14.7. The number of nitrogens with zero attached hydrogens (tertiary/aromatic N) is 1. The number of rotatable bonds is 6. The Hall–Kier alpha value is 0.0900. The first kappa shape index (κ1) is 16.5. The van der Waals surface area contributed by atoms with E-state index in [9.17, 15) is 0 Å². The number of likely N-dealkylation sites (N-methyl/N-ethyl adjacent to an activating group) is 1. The number of hydrogen-bond donors (Lipinski definition) is 1. The van der Waals surface area contributed by atoms with Crippen molar-refractivity contribution in [3.8, 4) is 0 Å². The van der Waals surface area contributed by atoms with E-state index in [1.54, 1.807) is 22.7 Å². The summed E-state index contributed by atoms with van der Waals surface area (Å²) in [5.74, 6) is 0. The topological polar surface area (TPSA) is 29.3 Å². The second-order valence-corrected chi connectivity index (χ2v) is 8.39. The average Bonchev–Trinajstić information content (AvgIpc) is 3.01. The van der Waals surface area contributed by atoms with Gasteiger partial charge in [0.15, 0.2) is 0 Å². The van der Waals surface area contributed by atoms with Crippen molar-refractivity contribution in [1.82, 2.24) is 4.90 Å². The van der Waals surface area contributed by atoms with Crippen molar-refractivity contribution in [3.05, 3.63) is 42.1 Å². The molecule has 2 rings (SSSR count). The van der Waals surface area contributed by atoms with E-state index >= 15 is 0 Å². The second-order valence-electron chi connectivity index (χ2n) is 4.82. The molecule has 2 unspecified atom stereocenters. The van der Waals surface area contributed by atoms with Gasteiger partial charge >= 0.3 is 0 Å². The van der Waals surface area contributed by atoms with Crippen LogP contribution in [0.5, 0.6) is 0 Å². The second kappa shape index (κ2) is 7.38. The Labute approximate surface area is 141 Å². The Kier molecular flexibility index (Phi) is 6.08. The van der Waals surface area contributed by atoms with Gasteiger partial charge in [-0.2, -0.15) is 0 Å². The first-order valence-electron chi connectivity index (χ1n) is 6.42. The molecule has 6 heteroatoms. The molecular formula is C14H18BrClN2S2. The molecular weight excluding hydrogens is 376 g/mol. The molecule has 2 aromatic rings. The summed E-state index contributed by atoms with van der Waals surface area (Å²) in [6.07, 6.45) is 1.05. The molecule has 0 amide bonds. The number of hydrogen-bond acceptors (Lipinski definition) is 4. The summed E-state index contributed by atoms with van der Waals surface area (Å²) >= 11 is 13.0. The summed E-state index contributed by atoms with van der Waals surface area (Å²) in [4.78, 5) is 4.96. The average molecular weight is 394 g/mol. The Morgan fingerprint density at radius 1 is 1.50 bits per heavy atom. The summed E-state index contributed by atoms with van der Waals surface area (Å²) < 4.78 is 1.75. The van der Waals surface area contributed by atoms with Crippen molar-refractivity contribution in [1.29, 1.82) is 0 Å². The van der Waals surface area contributed by atoms with Crippen molar-refractivity contribution in [2.24, 2.45) is 5.73 Å². The molecule has 0 fully saturated rings. The lowest BCUT2D eigenvalue weighted by atomic mass is 10.1. The first-order valence-corrected chi connectivity index (χ1v) is 9.28. The highest BCUT2D eigenvalue weighted by Gasteiger charge is 2.23. The zero-order valence-electron chi connectivity index (χ0n) is 11.5. The highest BCUT2D eigenvalue weighted by molar-refractivity contribution is 9.10. The lowest BCUT2D eigenvalue weighted by molar-refractivity contribution is 0.191. The predicted molar refractivity (Wildman–Crippen MR) is 94.1 cm³/mol. The Morgan fingerprint density at radius 2 is 2.25 bits per heavy atom. The van der Waals surface area contributed by atoms with E-state index in [4.69, 9.17) is 17.3 Å². The third kappa shape index (κ3) is 3.84. The molecule has 0 aliphatic carbocycles. The van der Waals surface area contributed by atoms with Gasteiger partial charge in [0.25, 0.3) is 0 Å². The Morgan fingerprint density at radius 3 is 2.75 bits per heavy atom. The monoisotopic (exact) mass is 392 g/mol. The maximum atomic E-state index is 6.14. The van der Waals surface area contributed by atoms with Gasteiger partial charge in [-0.1, -0.05) is 17.7 Å². The molecule has 0 aromatic carbocycles. The van der Waals surface area contributed by atoms with E-state index in [-0.39, 0.29) is 6.04 Å². The van der Waals surface area contributed by atoms with Crippen LogP contribution in [-0.4, -0.2) is 24.5 Å². The molecule has 0 bridgehead atoms. The van der Waals surface area contributed by atoms with Gasteiger partial charge in [0.2, 0.25) is 0 Å². The van der Waals surface area contributed by atoms with Crippen molar-refractivity contribution in [3.63, 3.8) is 0 Å². The van der Waals surface area contributed by atoms with Crippen LogP contribution in [0.15, 0.2) is 28.1 Å². The van der Waals surface area contributed by atoms with Crippen LogP contribution < -0.4 is 5.73 Å². The molecule has 0 saturated carbocycles. The molecule has 2 heterocycles. The van der Waals surface area contributed by atoms with Gasteiger partial charge in [0.05, 0.1) is 6.04 Å². The van der Waals surface area contributed by atoms with E-state index in [1.807, 2.05) is 0 Å². The van der Waals surface area contributed by atoms with E-state index in [2.05, 4.69) is 58.4 Å². The van der Waals surface area contributed by atoms with Crippen molar-refractivity contribution in [2.75, 3.05) is 13.6 Å². The van der Waals surface area contributed by atoms with Gasteiger partial charge in [-0.05, 0) is 53.8 Å². The van der Waals surface area contributed by atoms with E-state index in [0.717, 1.165) is 15.2 Å². The molecule has 0 radical (unpaired) electrons. The van der Waals surface area contributed by atoms with Crippen LogP contribution in [0.1, 0.15) is 22.7 Å². The minimum atomic E-state index is 0.207. The van der Waals surface area contributed by atoms with E-state index in [0.29, 0.717) is 12.6 Å².